The highest BCUT2D eigenvalue weighted by atomic mass is 16.2. The number of piperidine rings is 1. The number of likely N-dealkylation sites (tertiary alicyclic amines) is 1. The van der Waals surface area contributed by atoms with E-state index in [2.05, 4.69) is 17.0 Å². The molecule has 3 rings (SSSR count). The third-order valence-corrected chi connectivity index (χ3v) is 5.00. The van der Waals surface area contributed by atoms with E-state index in [0.29, 0.717) is 17.7 Å². The summed E-state index contributed by atoms with van der Waals surface area (Å²) in [7, 11) is 1.96. The lowest BCUT2D eigenvalue weighted by atomic mass is 9.95. The van der Waals surface area contributed by atoms with Crippen molar-refractivity contribution in [3.63, 3.8) is 0 Å². The van der Waals surface area contributed by atoms with Crippen LogP contribution in [0.25, 0.3) is 0 Å². The van der Waals surface area contributed by atoms with E-state index in [9.17, 15) is 4.79 Å². The van der Waals surface area contributed by atoms with Gasteiger partial charge in [0, 0.05) is 26.1 Å². The van der Waals surface area contributed by atoms with Crippen molar-refractivity contribution in [1.29, 1.82) is 5.26 Å². The van der Waals surface area contributed by atoms with Crippen molar-refractivity contribution >= 4 is 5.91 Å². The van der Waals surface area contributed by atoms with Crippen LogP contribution in [0.15, 0.2) is 24.3 Å². The number of nitrogens with zero attached hydrogens (tertiary/aromatic N) is 3. The lowest BCUT2D eigenvalue weighted by Crippen LogP contribution is -2.39. The van der Waals surface area contributed by atoms with E-state index >= 15 is 0 Å². The maximum Gasteiger partial charge on any atom is 0.225 e. The Balaban J connectivity index is 1.44. The van der Waals surface area contributed by atoms with Gasteiger partial charge in [0.15, 0.2) is 0 Å². The van der Waals surface area contributed by atoms with Crippen LogP contribution in [0, 0.1) is 23.2 Å². The highest BCUT2D eigenvalue weighted by Crippen LogP contribution is 2.31. The second kappa shape index (κ2) is 7.14. The van der Waals surface area contributed by atoms with E-state index in [1.165, 1.54) is 5.56 Å². The van der Waals surface area contributed by atoms with Gasteiger partial charge in [-0.15, -0.1) is 0 Å². The Kier molecular flexibility index (Phi) is 4.97. The van der Waals surface area contributed by atoms with Crippen molar-refractivity contribution in [3.8, 4) is 6.07 Å². The monoisotopic (exact) mass is 311 g/mol. The van der Waals surface area contributed by atoms with Gasteiger partial charge in [-0.05, 0) is 62.4 Å². The number of benzene rings is 1. The van der Waals surface area contributed by atoms with Gasteiger partial charge in [0.1, 0.15) is 0 Å². The Bertz CT molecular complexity index is 595. The summed E-state index contributed by atoms with van der Waals surface area (Å²) in [4.78, 5) is 16.4. The number of hydrogen-bond donors (Lipinski definition) is 0. The van der Waals surface area contributed by atoms with E-state index < -0.39 is 0 Å². The smallest absolute Gasteiger partial charge is 0.225 e. The average Bonchev–Trinajstić information content (AvgIpc) is 3.41. The van der Waals surface area contributed by atoms with Gasteiger partial charge in [-0.3, -0.25) is 9.69 Å². The molecule has 0 bridgehead atoms. The second-order valence-electron chi connectivity index (χ2n) is 7.02. The van der Waals surface area contributed by atoms with Crippen LogP contribution in [0.3, 0.4) is 0 Å². The first-order valence-corrected chi connectivity index (χ1v) is 8.62. The van der Waals surface area contributed by atoms with Crippen molar-refractivity contribution in [2.45, 2.75) is 32.2 Å². The fourth-order valence-corrected chi connectivity index (χ4v) is 3.44. The number of nitriles is 1. The van der Waals surface area contributed by atoms with Crippen LogP contribution in [0.1, 0.15) is 36.8 Å². The minimum atomic E-state index is 0.326. The van der Waals surface area contributed by atoms with Crippen molar-refractivity contribution < 1.29 is 4.79 Å². The molecule has 2 aliphatic rings. The molecule has 4 nitrogen and oxygen atoms in total. The fraction of sp³-hybridized carbons (Fsp3) is 0.579. The molecule has 1 aliphatic carbocycles. The van der Waals surface area contributed by atoms with Crippen LogP contribution in [-0.2, 0) is 11.3 Å². The van der Waals surface area contributed by atoms with E-state index in [1.807, 2.05) is 30.1 Å². The van der Waals surface area contributed by atoms with Crippen LogP contribution in [0.2, 0.25) is 0 Å². The summed E-state index contributed by atoms with van der Waals surface area (Å²) >= 11 is 0. The molecule has 1 saturated carbocycles. The molecule has 2 fully saturated rings. The van der Waals surface area contributed by atoms with Gasteiger partial charge < -0.3 is 4.90 Å². The minimum Gasteiger partial charge on any atom is -0.345 e. The number of amides is 1. The number of rotatable bonds is 5. The number of carbonyl (C=O) groups is 1. The molecule has 4 heteroatoms. The second-order valence-corrected chi connectivity index (χ2v) is 7.02. The van der Waals surface area contributed by atoms with Gasteiger partial charge >= 0.3 is 0 Å². The molecule has 0 aromatic heterocycles. The van der Waals surface area contributed by atoms with Crippen LogP contribution in [0.5, 0.6) is 0 Å². The Hall–Kier alpha value is -1.86. The van der Waals surface area contributed by atoms with Crippen LogP contribution < -0.4 is 0 Å². The topological polar surface area (TPSA) is 47.3 Å². The summed E-state index contributed by atoms with van der Waals surface area (Å²) < 4.78 is 0. The summed E-state index contributed by atoms with van der Waals surface area (Å²) in [5, 5.41) is 8.98. The Morgan fingerprint density at radius 2 is 2.04 bits per heavy atom. The van der Waals surface area contributed by atoms with Gasteiger partial charge in [-0.25, -0.2) is 0 Å². The normalized spacial score (nSPS) is 19.3. The molecule has 122 valence electrons. The van der Waals surface area contributed by atoms with Crippen LogP contribution in [-0.4, -0.2) is 42.4 Å². The lowest BCUT2D eigenvalue weighted by molar-refractivity contribution is -0.132. The zero-order valence-corrected chi connectivity index (χ0v) is 13.9. The predicted molar refractivity (Wildman–Crippen MR) is 89.5 cm³/mol. The molecule has 1 saturated heterocycles. The van der Waals surface area contributed by atoms with Gasteiger partial charge in [-0.1, -0.05) is 12.1 Å². The third-order valence-electron chi connectivity index (χ3n) is 5.00. The minimum absolute atomic E-state index is 0.326. The van der Waals surface area contributed by atoms with E-state index in [4.69, 9.17) is 5.26 Å². The molecular weight excluding hydrogens is 286 g/mol. The molecule has 1 aliphatic heterocycles. The summed E-state index contributed by atoms with van der Waals surface area (Å²) in [6.45, 7) is 3.98. The summed E-state index contributed by atoms with van der Waals surface area (Å²) in [6.07, 6.45) is 4.48. The van der Waals surface area contributed by atoms with E-state index in [1.54, 1.807) is 0 Å². The molecule has 0 spiro atoms. The average molecular weight is 311 g/mol. The van der Waals surface area contributed by atoms with Gasteiger partial charge in [0.2, 0.25) is 5.91 Å². The SMILES string of the molecule is CN(CC1CCN(Cc2cccc(C#N)c2)CC1)C(=O)C1CC1. The largest absolute Gasteiger partial charge is 0.345 e. The summed E-state index contributed by atoms with van der Waals surface area (Å²) in [5.74, 6) is 1.30. The molecule has 0 N–H and O–H groups in total. The third kappa shape index (κ3) is 4.33. The molecule has 23 heavy (non-hydrogen) atoms. The quantitative estimate of drug-likeness (QED) is 0.840. The summed E-state index contributed by atoms with van der Waals surface area (Å²) in [5.41, 5.74) is 1.95. The first kappa shape index (κ1) is 16.0. The molecule has 1 aromatic carbocycles. The zero-order valence-electron chi connectivity index (χ0n) is 13.9. The van der Waals surface area contributed by atoms with Crippen molar-refractivity contribution in [2.75, 3.05) is 26.7 Å². The fourth-order valence-electron chi connectivity index (χ4n) is 3.44. The highest BCUT2D eigenvalue weighted by Gasteiger charge is 2.33. The summed E-state index contributed by atoms with van der Waals surface area (Å²) in [6, 6.07) is 10.1. The Morgan fingerprint density at radius 1 is 1.30 bits per heavy atom. The number of hydrogen-bond acceptors (Lipinski definition) is 3. The maximum absolute atomic E-state index is 12.0. The van der Waals surface area contributed by atoms with Gasteiger partial charge in [-0.2, -0.15) is 5.26 Å². The molecular formula is C19H25N3O. The van der Waals surface area contributed by atoms with Crippen LogP contribution >= 0.6 is 0 Å². The first-order valence-electron chi connectivity index (χ1n) is 8.62. The molecule has 1 amide bonds. The molecule has 1 heterocycles. The first-order chi connectivity index (χ1) is 11.2. The van der Waals surface area contributed by atoms with Crippen LogP contribution in [0.4, 0.5) is 0 Å². The molecule has 0 atom stereocenters. The Morgan fingerprint density at radius 3 is 2.70 bits per heavy atom. The number of carbonyl (C=O) groups excluding carboxylic acids is 1. The zero-order chi connectivity index (χ0) is 16.2. The van der Waals surface area contributed by atoms with Gasteiger partial charge in [0.05, 0.1) is 11.6 Å². The van der Waals surface area contributed by atoms with E-state index in [0.717, 1.165) is 57.4 Å². The van der Waals surface area contributed by atoms with Gasteiger partial charge in [0.25, 0.3) is 0 Å². The maximum atomic E-state index is 12.0. The highest BCUT2D eigenvalue weighted by molar-refractivity contribution is 5.80. The lowest BCUT2D eigenvalue weighted by Gasteiger charge is -2.34. The molecule has 0 unspecified atom stereocenters. The molecule has 1 aromatic rings. The van der Waals surface area contributed by atoms with E-state index in [-0.39, 0.29) is 0 Å². The van der Waals surface area contributed by atoms with Crippen molar-refractivity contribution in [1.82, 2.24) is 9.80 Å². The molecule has 0 radical (unpaired) electrons. The predicted octanol–water partition coefficient (Wildman–Crippen LogP) is 2.64. The standard InChI is InChI=1S/C19H25N3O/c1-21(19(23)18-5-6-18)13-15-7-9-22(10-8-15)14-17-4-2-3-16(11-17)12-20/h2-4,11,15,18H,5-10,13-14H2,1H3. The van der Waals surface area contributed by atoms with Crippen molar-refractivity contribution in [3.05, 3.63) is 35.4 Å². The van der Waals surface area contributed by atoms with Crippen molar-refractivity contribution in [2.24, 2.45) is 11.8 Å². The Labute approximate surface area is 138 Å².